The summed E-state index contributed by atoms with van der Waals surface area (Å²) in [6.07, 6.45) is 0.799. The lowest BCUT2D eigenvalue weighted by Crippen LogP contribution is -2.35. The normalized spacial score (nSPS) is 12.1. The average Bonchev–Trinajstić information content (AvgIpc) is 2.26. The van der Waals surface area contributed by atoms with Crippen LogP contribution >= 0.6 is 11.6 Å². The Balaban J connectivity index is 2.64. The van der Waals surface area contributed by atoms with Gasteiger partial charge in [0, 0.05) is 17.5 Å². The first kappa shape index (κ1) is 11.9. The molecule has 2 N–H and O–H groups in total. The molecule has 1 unspecified atom stereocenters. The second-order valence-corrected chi connectivity index (χ2v) is 3.59. The van der Waals surface area contributed by atoms with Crippen LogP contribution in [0.5, 0.6) is 5.75 Å². The SMILES string of the molecule is CCC(CCl)NC(=O)c1ccc(O)cc1. The van der Waals surface area contributed by atoms with Gasteiger partial charge in [-0.25, -0.2) is 0 Å². The topological polar surface area (TPSA) is 49.3 Å². The molecule has 4 heteroatoms. The van der Waals surface area contributed by atoms with Gasteiger partial charge in [-0.15, -0.1) is 11.6 Å². The maximum Gasteiger partial charge on any atom is 0.251 e. The molecule has 1 amide bonds. The maximum absolute atomic E-state index is 11.6. The molecule has 1 aromatic carbocycles. The van der Waals surface area contributed by atoms with Crippen molar-refractivity contribution in [3.8, 4) is 5.75 Å². The van der Waals surface area contributed by atoms with Gasteiger partial charge in [-0.1, -0.05) is 6.92 Å². The molecule has 0 fully saturated rings. The number of phenolic OH excluding ortho intramolecular Hbond substituents is 1. The Morgan fingerprint density at radius 3 is 2.53 bits per heavy atom. The number of alkyl halides is 1. The second kappa shape index (κ2) is 5.61. The number of phenols is 1. The van der Waals surface area contributed by atoms with Crippen molar-refractivity contribution in [1.29, 1.82) is 0 Å². The molecule has 1 atom stereocenters. The maximum atomic E-state index is 11.6. The molecule has 0 aliphatic rings. The fourth-order valence-electron chi connectivity index (χ4n) is 1.13. The van der Waals surface area contributed by atoms with Crippen molar-refractivity contribution in [2.24, 2.45) is 0 Å². The number of amides is 1. The Kier molecular flexibility index (Phi) is 4.43. The first-order chi connectivity index (χ1) is 7.17. The number of benzene rings is 1. The molecule has 82 valence electrons. The van der Waals surface area contributed by atoms with Gasteiger partial charge in [0.25, 0.3) is 5.91 Å². The lowest BCUT2D eigenvalue weighted by molar-refractivity contribution is 0.0940. The molecule has 0 heterocycles. The van der Waals surface area contributed by atoms with Crippen LogP contribution in [0.3, 0.4) is 0 Å². The second-order valence-electron chi connectivity index (χ2n) is 3.28. The Hall–Kier alpha value is -1.22. The molecule has 1 aromatic rings. The van der Waals surface area contributed by atoms with Crippen molar-refractivity contribution in [2.45, 2.75) is 19.4 Å². The van der Waals surface area contributed by atoms with Gasteiger partial charge in [-0.05, 0) is 30.7 Å². The van der Waals surface area contributed by atoms with Crippen molar-refractivity contribution >= 4 is 17.5 Å². The number of hydrogen-bond donors (Lipinski definition) is 2. The van der Waals surface area contributed by atoms with Crippen LogP contribution in [0, 0.1) is 0 Å². The molecule has 0 aromatic heterocycles. The molecular weight excluding hydrogens is 214 g/mol. The lowest BCUT2D eigenvalue weighted by Gasteiger charge is -2.13. The van der Waals surface area contributed by atoms with Crippen LogP contribution in [0.15, 0.2) is 24.3 Å². The minimum absolute atomic E-state index is 0.00651. The van der Waals surface area contributed by atoms with Gasteiger partial charge in [0.1, 0.15) is 5.75 Å². The van der Waals surface area contributed by atoms with Crippen LogP contribution < -0.4 is 5.32 Å². The van der Waals surface area contributed by atoms with Gasteiger partial charge in [0.15, 0.2) is 0 Å². The van der Waals surface area contributed by atoms with Crippen molar-refractivity contribution in [1.82, 2.24) is 5.32 Å². The Morgan fingerprint density at radius 1 is 1.47 bits per heavy atom. The van der Waals surface area contributed by atoms with Gasteiger partial charge in [-0.3, -0.25) is 4.79 Å². The molecule has 15 heavy (non-hydrogen) atoms. The number of rotatable bonds is 4. The number of nitrogens with one attached hydrogen (secondary N) is 1. The highest BCUT2D eigenvalue weighted by atomic mass is 35.5. The minimum atomic E-state index is -0.164. The highest BCUT2D eigenvalue weighted by Gasteiger charge is 2.10. The van der Waals surface area contributed by atoms with E-state index in [9.17, 15) is 4.79 Å². The van der Waals surface area contributed by atoms with Crippen LogP contribution in [-0.2, 0) is 0 Å². The average molecular weight is 228 g/mol. The summed E-state index contributed by atoms with van der Waals surface area (Å²) in [5.74, 6) is 0.388. The summed E-state index contributed by atoms with van der Waals surface area (Å²) in [6.45, 7) is 1.96. The molecule has 0 bridgehead atoms. The van der Waals surface area contributed by atoms with Gasteiger partial charge >= 0.3 is 0 Å². The zero-order valence-corrected chi connectivity index (χ0v) is 9.29. The fourth-order valence-corrected chi connectivity index (χ4v) is 1.43. The Labute approximate surface area is 94.1 Å². The van der Waals surface area contributed by atoms with Crippen LogP contribution in [0.4, 0.5) is 0 Å². The minimum Gasteiger partial charge on any atom is -0.508 e. The molecule has 0 spiro atoms. The fraction of sp³-hybridized carbons (Fsp3) is 0.364. The van der Waals surface area contributed by atoms with Gasteiger partial charge in [0.2, 0.25) is 0 Å². The summed E-state index contributed by atoms with van der Waals surface area (Å²) in [7, 11) is 0. The zero-order valence-electron chi connectivity index (χ0n) is 8.53. The van der Waals surface area contributed by atoms with Gasteiger partial charge in [0.05, 0.1) is 0 Å². The van der Waals surface area contributed by atoms with E-state index in [1.54, 1.807) is 12.1 Å². The monoisotopic (exact) mass is 227 g/mol. The molecule has 0 aliphatic heterocycles. The standard InChI is InChI=1S/C11H14ClNO2/c1-2-9(7-12)13-11(15)8-3-5-10(14)6-4-8/h3-6,9,14H,2,7H2,1H3,(H,13,15). The molecular formula is C11H14ClNO2. The highest BCUT2D eigenvalue weighted by Crippen LogP contribution is 2.09. The number of hydrogen-bond acceptors (Lipinski definition) is 2. The van der Waals surface area contributed by atoms with Crippen LogP contribution in [0.2, 0.25) is 0 Å². The van der Waals surface area contributed by atoms with Crippen molar-refractivity contribution in [2.75, 3.05) is 5.88 Å². The van der Waals surface area contributed by atoms with E-state index in [2.05, 4.69) is 5.32 Å². The number of carbonyl (C=O) groups excluding carboxylic acids is 1. The van der Waals surface area contributed by atoms with Crippen molar-refractivity contribution in [3.63, 3.8) is 0 Å². The first-order valence-corrected chi connectivity index (χ1v) is 5.36. The van der Waals surface area contributed by atoms with Crippen molar-refractivity contribution < 1.29 is 9.90 Å². The van der Waals surface area contributed by atoms with E-state index < -0.39 is 0 Å². The van der Waals surface area contributed by atoms with E-state index in [0.29, 0.717) is 11.4 Å². The van der Waals surface area contributed by atoms with Crippen LogP contribution in [-0.4, -0.2) is 22.9 Å². The highest BCUT2D eigenvalue weighted by molar-refractivity contribution is 6.18. The zero-order chi connectivity index (χ0) is 11.3. The van der Waals surface area contributed by atoms with Crippen molar-refractivity contribution in [3.05, 3.63) is 29.8 Å². The molecule has 0 saturated heterocycles. The van der Waals surface area contributed by atoms with E-state index in [0.717, 1.165) is 6.42 Å². The van der Waals surface area contributed by atoms with Crippen LogP contribution in [0.1, 0.15) is 23.7 Å². The number of halogens is 1. The summed E-state index contributed by atoms with van der Waals surface area (Å²) in [4.78, 5) is 11.6. The molecule has 1 rings (SSSR count). The smallest absolute Gasteiger partial charge is 0.251 e. The summed E-state index contributed by atoms with van der Waals surface area (Å²) >= 11 is 5.67. The first-order valence-electron chi connectivity index (χ1n) is 4.83. The van der Waals surface area contributed by atoms with Gasteiger partial charge in [-0.2, -0.15) is 0 Å². The molecule has 3 nitrogen and oxygen atoms in total. The largest absolute Gasteiger partial charge is 0.508 e. The summed E-state index contributed by atoms with van der Waals surface area (Å²) < 4.78 is 0. The third-order valence-electron chi connectivity index (χ3n) is 2.14. The third kappa shape index (κ3) is 3.44. The number of aromatic hydroxyl groups is 1. The molecule has 0 saturated carbocycles. The number of carbonyl (C=O) groups is 1. The summed E-state index contributed by atoms with van der Waals surface area (Å²) in [5, 5.41) is 11.9. The third-order valence-corrected chi connectivity index (χ3v) is 2.52. The molecule has 0 aliphatic carbocycles. The predicted octanol–water partition coefficient (Wildman–Crippen LogP) is 2.14. The Bertz CT molecular complexity index is 320. The Morgan fingerprint density at radius 2 is 2.07 bits per heavy atom. The summed E-state index contributed by atoms with van der Waals surface area (Å²) in [5.41, 5.74) is 0.524. The predicted molar refractivity (Wildman–Crippen MR) is 60.4 cm³/mol. The van der Waals surface area contributed by atoms with E-state index >= 15 is 0 Å². The van der Waals surface area contributed by atoms with E-state index in [1.807, 2.05) is 6.92 Å². The quantitative estimate of drug-likeness (QED) is 0.775. The van der Waals surface area contributed by atoms with E-state index in [1.165, 1.54) is 12.1 Å². The van der Waals surface area contributed by atoms with Gasteiger partial charge < -0.3 is 10.4 Å². The van der Waals surface area contributed by atoms with E-state index in [-0.39, 0.29) is 17.7 Å². The van der Waals surface area contributed by atoms with Crippen LogP contribution in [0.25, 0.3) is 0 Å². The summed E-state index contributed by atoms with van der Waals surface area (Å²) in [6, 6.07) is 6.11. The van der Waals surface area contributed by atoms with E-state index in [4.69, 9.17) is 16.7 Å². The molecule has 0 radical (unpaired) electrons. The lowest BCUT2D eigenvalue weighted by atomic mass is 10.2.